The Morgan fingerprint density at radius 1 is 1.25 bits per heavy atom. The Morgan fingerprint density at radius 2 is 1.80 bits per heavy atom. The van der Waals surface area contributed by atoms with Gasteiger partial charge >= 0.3 is 0 Å². The van der Waals surface area contributed by atoms with Crippen LogP contribution in [0.4, 0.5) is 0 Å². The second kappa shape index (κ2) is 7.68. The van der Waals surface area contributed by atoms with Crippen molar-refractivity contribution in [2.24, 2.45) is 0 Å². The van der Waals surface area contributed by atoms with Gasteiger partial charge in [-0.15, -0.1) is 13.2 Å². The normalized spacial score (nSPS) is 12.5. The highest BCUT2D eigenvalue weighted by molar-refractivity contribution is 5.89. The standard InChI is InChI=1S/C18H25NO/c1-5-13-18(14-6-2,16-11-9-8-10-12-16)17(20)19-15(4)7-3/h5-6,8-12,15H,1-2,7,13-14H2,3-4H3,(H,19,20)/t15-/m1/s1. The lowest BCUT2D eigenvalue weighted by Crippen LogP contribution is -2.47. The quantitative estimate of drug-likeness (QED) is 0.712. The number of carbonyl (C=O) groups excluding carboxylic acids is 1. The lowest BCUT2D eigenvalue weighted by molar-refractivity contribution is -0.127. The lowest BCUT2D eigenvalue weighted by atomic mass is 9.74. The highest BCUT2D eigenvalue weighted by Gasteiger charge is 2.38. The summed E-state index contributed by atoms with van der Waals surface area (Å²) in [6.45, 7) is 11.7. The fourth-order valence-corrected chi connectivity index (χ4v) is 2.35. The van der Waals surface area contributed by atoms with E-state index < -0.39 is 5.41 Å². The molecule has 0 aliphatic rings. The first-order chi connectivity index (χ1) is 9.60. The summed E-state index contributed by atoms with van der Waals surface area (Å²) in [6.07, 6.45) is 5.74. The second-order valence-corrected chi connectivity index (χ2v) is 5.22. The lowest BCUT2D eigenvalue weighted by Gasteiger charge is -2.32. The zero-order valence-corrected chi connectivity index (χ0v) is 12.6. The molecule has 1 rings (SSSR count). The van der Waals surface area contributed by atoms with Gasteiger partial charge in [0.1, 0.15) is 0 Å². The Balaban J connectivity index is 3.20. The summed E-state index contributed by atoms with van der Waals surface area (Å²) in [7, 11) is 0. The van der Waals surface area contributed by atoms with Crippen molar-refractivity contribution in [3.63, 3.8) is 0 Å². The number of nitrogens with one attached hydrogen (secondary N) is 1. The number of allylic oxidation sites excluding steroid dienone is 2. The SMILES string of the molecule is C=CCC(CC=C)(C(=O)N[C@H](C)CC)c1ccccc1. The summed E-state index contributed by atoms with van der Waals surface area (Å²) in [5.41, 5.74) is 0.411. The van der Waals surface area contributed by atoms with Gasteiger partial charge in [-0.2, -0.15) is 0 Å². The van der Waals surface area contributed by atoms with Gasteiger partial charge in [0.15, 0.2) is 0 Å². The third-order valence-corrected chi connectivity index (χ3v) is 3.74. The first-order valence-corrected chi connectivity index (χ1v) is 7.19. The molecule has 20 heavy (non-hydrogen) atoms. The molecule has 0 saturated heterocycles. The molecule has 0 aliphatic carbocycles. The van der Waals surface area contributed by atoms with E-state index in [1.54, 1.807) is 0 Å². The Labute approximate surface area is 122 Å². The molecule has 2 nitrogen and oxygen atoms in total. The van der Waals surface area contributed by atoms with Gasteiger partial charge in [0.25, 0.3) is 0 Å². The third kappa shape index (κ3) is 3.60. The molecule has 1 N–H and O–H groups in total. The first-order valence-electron chi connectivity index (χ1n) is 7.19. The van der Waals surface area contributed by atoms with Crippen LogP contribution in [0, 0.1) is 0 Å². The number of hydrogen-bond acceptors (Lipinski definition) is 1. The highest BCUT2D eigenvalue weighted by Crippen LogP contribution is 2.33. The fourth-order valence-electron chi connectivity index (χ4n) is 2.35. The molecule has 0 saturated carbocycles. The monoisotopic (exact) mass is 271 g/mol. The van der Waals surface area contributed by atoms with Crippen molar-refractivity contribution in [2.75, 3.05) is 0 Å². The van der Waals surface area contributed by atoms with E-state index in [0.29, 0.717) is 12.8 Å². The van der Waals surface area contributed by atoms with Crippen molar-refractivity contribution in [3.05, 3.63) is 61.2 Å². The number of hydrogen-bond donors (Lipinski definition) is 1. The zero-order chi connectivity index (χ0) is 15.0. The van der Waals surface area contributed by atoms with Gasteiger partial charge in [-0.1, -0.05) is 49.4 Å². The Kier molecular flexibility index (Phi) is 6.23. The Bertz CT molecular complexity index is 440. The predicted molar refractivity (Wildman–Crippen MR) is 85.6 cm³/mol. The Hall–Kier alpha value is -1.83. The third-order valence-electron chi connectivity index (χ3n) is 3.74. The molecular formula is C18H25NO. The summed E-state index contributed by atoms with van der Waals surface area (Å²) in [6, 6.07) is 10.1. The van der Waals surface area contributed by atoms with Crippen LogP contribution in [-0.2, 0) is 10.2 Å². The van der Waals surface area contributed by atoms with E-state index in [9.17, 15) is 4.79 Å². The predicted octanol–water partition coefficient (Wildman–Crippen LogP) is 3.99. The number of rotatable bonds is 8. The minimum atomic E-state index is -0.603. The van der Waals surface area contributed by atoms with Gasteiger partial charge in [-0.3, -0.25) is 4.79 Å². The fraction of sp³-hybridized carbons (Fsp3) is 0.389. The average Bonchev–Trinajstić information content (AvgIpc) is 2.47. The van der Waals surface area contributed by atoms with Gasteiger partial charge in [0.2, 0.25) is 5.91 Å². The molecule has 0 aromatic heterocycles. The van der Waals surface area contributed by atoms with Crippen LogP contribution in [0.15, 0.2) is 55.6 Å². The number of amides is 1. The van der Waals surface area contributed by atoms with Gasteiger partial charge < -0.3 is 5.32 Å². The minimum Gasteiger partial charge on any atom is -0.353 e. The Morgan fingerprint density at radius 3 is 2.25 bits per heavy atom. The first kappa shape index (κ1) is 16.2. The molecule has 0 spiro atoms. The van der Waals surface area contributed by atoms with Gasteiger partial charge in [-0.25, -0.2) is 0 Å². The molecule has 1 aromatic carbocycles. The summed E-state index contributed by atoms with van der Waals surface area (Å²) in [4.78, 5) is 12.8. The highest BCUT2D eigenvalue weighted by atomic mass is 16.2. The van der Waals surface area contributed by atoms with Crippen molar-refractivity contribution in [2.45, 2.75) is 44.6 Å². The van der Waals surface area contributed by atoms with Gasteiger partial charge in [0.05, 0.1) is 5.41 Å². The number of carbonyl (C=O) groups is 1. The van der Waals surface area contributed by atoms with Crippen molar-refractivity contribution in [1.29, 1.82) is 0 Å². The van der Waals surface area contributed by atoms with E-state index >= 15 is 0 Å². The molecule has 0 bridgehead atoms. The average molecular weight is 271 g/mol. The van der Waals surface area contributed by atoms with Crippen molar-refractivity contribution >= 4 is 5.91 Å². The topological polar surface area (TPSA) is 29.1 Å². The summed E-state index contributed by atoms with van der Waals surface area (Å²) in [5, 5.41) is 3.10. The van der Waals surface area contributed by atoms with Gasteiger partial charge in [-0.05, 0) is 31.7 Å². The van der Waals surface area contributed by atoms with Crippen LogP contribution in [0.1, 0.15) is 38.7 Å². The summed E-state index contributed by atoms with van der Waals surface area (Å²) in [5.74, 6) is 0.0536. The van der Waals surface area contributed by atoms with Gasteiger partial charge in [0, 0.05) is 6.04 Å². The summed E-state index contributed by atoms with van der Waals surface area (Å²) < 4.78 is 0. The van der Waals surface area contributed by atoms with E-state index in [-0.39, 0.29) is 11.9 Å². The van der Waals surface area contributed by atoms with Crippen LogP contribution >= 0.6 is 0 Å². The maximum Gasteiger partial charge on any atom is 0.231 e. The zero-order valence-electron chi connectivity index (χ0n) is 12.6. The molecule has 0 radical (unpaired) electrons. The van der Waals surface area contributed by atoms with Crippen LogP contribution in [0.2, 0.25) is 0 Å². The smallest absolute Gasteiger partial charge is 0.231 e. The van der Waals surface area contributed by atoms with E-state index in [1.807, 2.05) is 49.4 Å². The molecule has 0 unspecified atom stereocenters. The van der Waals surface area contributed by atoms with Crippen LogP contribution < -0.4 is 5.32 Å². The van der Waals surface area contributed by atoms with Crippen LogP contribution in [0.25, 0.3) is 0 Å². The minimum absolute atomic E-state index is 0.0536. The van der Waals surface area contributed by atoms with E-state index in [4.69, 9.17) is 0 Å². The largest absolute Gasteiger partial charge is 0.353 e. The molecule has 0 fully saturated rings. The summed E-state index contributed by atoms with van der Waals surface area (Å²) >= 11 is 0. The van der Waals surface area contributed by atoms with Crippen LogP contribution in [-0.4, -0.2) is 11.9 Å². The molecule has 1 amide bonds. The van der Waals surface area contributed by atoms with Crippen molar-refractivity contribution < 1.29 is 4.79 Å². The van der Waals surface area contributed by atoms with Crippen LogP contribution in [0.5, 0.6) is 0 Å². The molecule has 108 valence electrons. The number of benzene rings is 1. The second-order valence-electron chi connectivity index (χ2n) is 5.22. The van der Waals surface area contributed by atoms with Crippen molar-refractivity contribution in [3.8, 4) is 0 Å². The molecule has 1 atom stereocenters. The van der Waals surface area contributed by atoms with Crippen LogP contribution in [0.3, 0.4) is 0 Å². The maximum atomic E-state index is 12.8. The van der Waals surface area contributed by atoms with E-state index in [2.05, 4.69) is 25.4 Å². The van der Waals surface area contributed by atoms with E-state index in [0.717, 1.165) is 12.0 Å². The molecule has 0 heterocycles. The molecule has 2 heteroatoms. The maximum absolute atomic E-state index is 12.8. The molecule has 0 aliphatic heterocycles. The van der Waals surface area contributed by atoms with Crippen molar-refractivity contribution in [1.82, 2.24) is 5.32 Å². The van der Waals surface area contributed by atoms with E-state index in [1.165, 1.54) is 0 Å². The molecule has 1 aromatic rings. The molecular weight excluding hydrogens is 246 g/mol.